The van der Waals surface area contributed by atoms with Crippen molar-refractivity contribution < 1.29 is 13.5 Å². The van der Waals surface area contributed by atoms with Gasteiger partial charge >= 0.3 is 0 Å². The zero-order chi connectivity index (χ0) is 13.6. The number of benzene rings is 1. The molecule has 1 aromatic rings. The molecule has 0 spiro atoms. The molecule has 19 heavy (non-hydrogen) atoms. The zero-order valence-corrected chi connectivity index (χ0v) is 12.2. The van der Waals surface area contributed by atoms with E-state index in [2.05, 4.69) is 0 Å². The molecule has 1 aliphatic rings. The van der Waals surface area contributed by atoms with Crippen molar-refractivity contribution >= 4 is 12.4 Å². The van der Waals surface area contributed by atoms with E-state index in [1.807, 2.05) is 0 Å². The molecule has 0 amide bonds. The molecular formula is C14H20ClF2NO. The fourth-order valence-corrected chi connectivity index (χ4v) is 2.19. The van der Waals surface area contributed by atoms with Crippen LogP contribution in [-0.2, 0) is 5.41 Å². The lowest BCUT2D eigenvalue weighted by Crippen LogP contribution is -2.51. The first-order chi connectivity index (χ1) is 8.21. The Morgan fingerprint density at radius 1 is 1.16 bits per heavy atom. The van der Waals surface area contributed by atoms with Crippen LogP contribution in [0.4, 0.5) is 8.78 Å². The molecule has 0 aromatic heterocycles. The second-order valence-corrected chi connectivity index (χ2v) is 6.03. The van der Waals surface area contributed by atoms with Gasteiger partial charge in [-0.2, -0.15) is 0 Å². The molecule has 2 N–H and O–H groups in total. The van der Waals surface area contributed by atoms with Gasteiger partial charge in [0.15, 0.2) is 5.72 Å². The highest BCUT2D eigenvalue weighted by Crippen LogP contribution is 2.35. The minimum Gasteiger partial charge on any atom is -0.473 e. The first-order valence-electron chi connectivity index (χ1n) is 6.19. The van der Waals surface area contributed by atoms with Crippen LogP contribution < -0.4 is 10.5 Å². The van der Waals surface area contributed by atoms with Crippen LogP contribution in [0.25, 0.3) is 0 Å². The fraction of sp³-hybridized carbons (Fsp3) is 0.571. The van der Waals surface area contributed by atoms with Crippen LogP contribution in [0.2, 0.25) is 0 Å². The molecule has 108 valence electrons. The van der Waals surface area contributed by atoms with Gasteiger partial charge in [0.05, 0.1) is 0 Å². The molecule has 0 radical (unpaired) electrons. The molecule has 2 nitrogen and oxygen atoms in total. The smallest absolute Gasteiger partial charge is 0.158 e. The van der Waals surface area contributed by atoms with Crippen LogP contribution in [-0.4, -0.2) is 5.72 Å². The van der Waals surface area contributed by atoms with E-state index in [0.29, 0.717) is 0 Å². The predicted molar refractivity (Wildman–Crippen MR) is 73.7 cm³/mol. The Morgan fingerprint density at radius 3 is 1.95 bits per heavy atom. The zero-order valence-electron chi connectivity index (χ0n) is 11.4. The summed E-state index contributed by atoms with van der Waals surface area (Å²) < 4.78 is 33.4. The number of halogens is 3. The maximum Gasteiger partial charge on any atom is 0.158 e. The van der Waals surface area contributed by atoms with Crippen molar-refractivity contribution in [2.24, 2.45) is 5.73 Å². The van der Waals surface area contributed by atoms with Crippen molar-refractivity contribution in [1.29, 1.82) is 0 Å². The topological polar surface area (TPSA) is 35.2 Å². The van der Waals surface area contributed by atoms with E-state index >= 15 is 0 Å². The summed E-state index contributed by atoms with van der Waals surface area (Å²) in [5, 5.41) is 0. The number of ether oxygens (including phenoxy) is 1. The summed E-state index contributed by atoms with van der Waals surface area (Å²) in [5.74, 6) is -0.999. The van der Waals surface area contributed by atoms with Crippen LogP contribution in [0.5, 0.6) is 5.75 Å². The summed E-state index contributed by atoms with van der Waals surface area (Å²) in [5.41, 5.74) is 4.64. The molecular weight excluding hydrogens is 272 g/mol. The first kappa shape index (κ1) is 16.2. The van der Waals surface area contributed by atoms with Crippen molar-refractivity contribution in [3.05, 3.63) is 29.3 Å². The third kappa shape index (κ3) is 3.37. The van der Waals surface area contributed by atoms with E-state index in [-0.39, 0.29) is 23.7 Å². The number of hydrogen-bond donors (Lipinski definition) is 1. The molecule has 0 aliphatic heterocycles. The monoisotopic (exact) mass is 291 g/mol. The van der Waals surface area contributed by atoms with Crippen LogP contribution in [0.1, 0.15) is 45.6 Å². The molecule has 0 atom stereocenters. The SMILES string of the molecule is CC(C)(C)c1c(F)cc(OC2(N)CCC2)cc1F.Cl. The summed E-state index contributed by atoms with van der Waals surface area (Å²) in [6.07, 6.45) is 2.43. The first-order valence-corrected chi connectivity index (χ1v) is 6.19. The van der Waals surface area contributed by atoms with Crippen LogP contribution in [0.3, 0.4) is 0 Å². The number of nitrogens with two attached hydrogens (primary N) is 1. The van der Waals surface area contributed by atoms with Gasteiger partial charge in [0, 0.05) is 30.5 Å². The molecule has 0 unspecified atom stereocenters. The number of hydrogen-bond acceptors (Lipinski definition) is 2. The average molecular weight is 292 g/mol. The third-order valence-corrected chi connectivity index (χ3v) is 3.29. The van der Waals surface area contributed by atoms with Crippen molar-refractivity contribution in [3.63, 3.8) is 0 Å². The van der Waals surface area contributed by atoms with Gasteiger partial charge in [-0.3, -0.25) is 5.73 Å². The average Bonchev–Trinajstić information content (AvgIpc) is 2.11. The van der Waals surface area contributed by atoms with Gasteiger partial charge in [0.25, 0.3) is 0 Å². The molecule has 2 rings (SSSR count). The quantitative estimate of drug-likeness (QED) is 0.839. The summed E-state index contributed by atoms with van der Waals surface area (Å²) in [6.45, 7) is 5.31. The Kier molecular flexibility index (Phi) is 4.47. The molecule has 0 bridgehead atoms. The van der Waals surface area contributed by atoms with Crippen molar-refractivity contribution in [3.8, 4) is 5.75 Å². The van der Waals surface area contributed by atoms with Gasteiger partial charge in [-0.15, -0.1) is 12.4 Å². The summed E-state index contributed by atoms with van der Waals surface area (Å²) in [6, 6.07) is 2.44. The summed E-state index contributed by atoms with van der Waals surface area (Å²) in [4.78, 5) is 0. The van der Waals surface area contributed by atoms with Gasteiger partial charge in [-0.05, 0) is 11.8 Å². The van der Waals surface area contributed by atoms with Crippen LogP contribution >= 0.6 is 12.4 Å². The summed E-state index contributed by atoms with van der Waals surface area (Å²) >= 11 is 0. The Bertz CT molecular complexity index is 444. The fourth-order valence-electron chi connectivity index (χ4n) is 2.19. The van der Waals surface area contributed by atoms with Crippen LogP contribution in [0, 0.1) is 11.6 Å². The third-order valence-electron chi connectivity index (χ3n) is 3.29. The largest absolute Gasteiger partial charge is 0.473 e. The minimum absolute atomic E-state index is 0. The Morgan fingerprint density at radius 2 is 1.63 bits per heavy atom. The van der Waals surface area contributed by atoms with Gasteiger partial charge in [-0.25, -0.2) is 8.78 Å². The van der Waals surface area contributed by atoms with Crippen LogP contribution in [0.15, 0.2) is 12.1 Å². The van der Waals surface area contributed by atoms with E-state index in [1.165, 1.54) is 12.1 Å². The molecule has 5 heteroatoms. The molecule has 0 saturated heterocycles. The Balaban J connectivity index is 0.00000180. The molecule has 1 saturated carbocycles. The van der Waals surface area contributed by atoms with Crippen molar-refractivity contribution in [1.82, 2.24) is 0 Å². The van der Waals surface area contributed by atoms with Crippen molar-refractivity contribution in [2.45, 2.75) is 51.2 Å². The highest BCUT2D eigenvalue weighted by atomic mass is 35.5. The van der Waals surface area contributed by atoms with Gasteiger partial charge in [0.2, 0.25) is 0 Å². The van der Waals surface area contributed by atoms with E-state index < -0.39 is 22.8 Å². The van der Waals surface area contributed by atoms with Gasteiger partial charge < -0.3 is 4.74 Å². The maximum absolute atomic E-state index is 13.9. The lowest BCUT2D eigenvalue weighted by atomic mass is 9.86. The van der Waals surface area contributed by atoms with E-state index in [9.17, 15) is 8.78 Å². The predicted octanol–water partition coefficient (Wildman–Crippen LogP) is 3.90. The lowest BCUT2D eigenvalue weighted by molar-refractivity contribution is -0.00143. The molecule has 1 aliphatic carbocycles. The Labute approximate surface area is 118 Å². The van der Waals surface area contributed by atoms with Crippen molar-refractivity contribution in [2.75, 3.05) is 0 Å². The second kappa shape index (κ2) is 5.25. The maximum atomic E-state index is 13.9. The molecule has 0 heterocycles. The molecule has 1 aromatic carbocycles. The Hall–Kier alpha value is -0.870. The minimum atomic E-state index is -0.748. The standard InChI is InChI=1S/C14H19F2NO.ClH/c1-13(2,3)12-10(15)7-9(8-11(12)16)18-14(17)5-4-6-14;/h7-8H,4-6,17H2,1-3H3;1H. The number of rotatable bonds is 2. The highest BCUT2D eigenvalue weighted by Gasteiger charge is 2.35. The van der Waals surface area contributed by atoms with Gasteiger partial charge in [0.1, 0.15) is 17.4 Å². The van der Waals surface area contributed by atoms with E-state index in [0.717, 1.165) is 19.3 Å². The lowest BCUT2D eigenvalue weighted by Gasteiger charge is -2.38. The van der Waals surface area contributed by atoms with Gasteiger partial charge in [-0.1, -0.05) is 20.8 Å². The second-order valence-electron chi connectivity index (χ2n) is 6.03. The van der Waals surface area contributed by atoms with E-state index in [1.54, 1.807) is 20.8 Å². The van der Waals surface area contributed by atoms with E-state index in [4.69, 9.17) is 10.5 Å². The normalized spacial score (nSPS) is 17.4. The highest BCUT2D eigenvalue weighted by molar-refractivity contribution is 5.85. The summed E-state index contributed by atoms with van der Waals surface area (Å²) in [7, 11) is 0. The molecule has 1 fully saturated rings.